The van der Waals surface area contributed by atoms with Crippen molar-refractivity contribution in [3.8, 4) is 6.07 Å². The summed E-state index contributed by atoms with van der Waals surface area (Å²) in [4.78, 5) is 27.8. The number of ketones is 1. The molecule has 0 saturated carbocycles. The van der Waals surface area contributed by atoms with Crippen LogP contribution in [-0.4, -0.2) is 27.6 Å². The summed E-state index contributed by atoms with van der Waals surface area (Å²) in [5, 5.41) is 22.0. The van der Waals surface area contributed by atoms with Crippen LogP contribution in [0.25, 0.3) is 0 Å². The summed E-state index contributed by atoms with van der Waals surface area (Å²) in [5.74, 6) is -1.15. The number of rotatable bonds is 6. The summed E-state index contributed by atoms with van der Waals surface area (Å²) in [6, 6.07) is 15.3. The lowest BCUT2D eigenvalue weighted by molar-refractivity contribution is -0.118. The van der Waals surface area contributed by atoms with Gasteiger partial charge in [0, 0.05) is 22.2 Å². The molecule has 0 saturated heterocycles. The van der Waals surface area contributed by atoms with Gasteiger partial charge in [0.05, 0.1) is 29.0 Å². The molecule has 204 valence electrons. The lowest BCUT2D eigenvalue weighted by Crippen LogP contribution is -2.42. The van der Waals surface area contributed by atoms with Crippen LogP contribution < -0.4 is 16.0 Å². The zero-order chi connectivity index (χ0) is 28.6. The summed E-state index contributed by atoms with van der Waals surface area (Å²) in [6.07, 6.45) is 0.821. The van der Waals surface area contributed by atoms with Gasteiger partial charge < -0.3 is 11.1 Å². The molecule has 1 aliphatic carbocycles. The molecule has 3 N–H and O–H groups in total. The first-order valence-corrected chi connectivity index (χ1v) is 14.9. The minimum Gasteiger partial charge on any atom is -0.384 e. The molecule has 12 heteroatoms. The quantitative estimate of drug-likeness (QED) is 0.310. The Hall–Kier alpha value is -3.53. The Kier molecular flexibility index (Phi) is 7.81. The molecule has 3 aromatic rings. The fourth-order valence-corrected chi connectivity index (χ4v) is 7.01. The maximum absolute atomic E-state index is 13.7. The van der Waals surface area contributed by atoms with Crippen LogP contribution in [-0.2, 0) is 9.59 Å². The van der Waals surface area contributed by atoms with Crippen molar-refractivity contribution in [1.29, 1.82) is 5.26 Å². The third-order valence-electron chi connectivity index (χ3n) is 6.65. The second-order valence-electron chi connectivity index (χ2n) is 10.2. The van der Waals surface area contributed by atoms with Gasteiger partial charge in [0.15, 0.2) is 10.1 Å². The van der Waals surface area contributed by atoms with Crippen LogP contribution in [0.2, 0.25) is 0 Å². The summed E-state index contributed by atoms with van der Waals surface area (Å²) >= 11 is 5.86. The molecule has 1 atom stereocenters. The van der Waals surface area contributed by atoms with E-state index in [0.717, 1.165) is 4.47 Å². The minimum atomic E-state index is -0.705. The van der Waals surface area contributed by atoms with Gasteiger partial charge in [-0.25, -0.2) is 4.39 Å². The average Bonchev–Trinajstić information content (AvgIpc) is 3.36. The van der Waals surface area contributed by atoms with Gasteiger partial charge in [0.2, 0.25) is 11.0 Å². The number of carbonyl (C=O) groups excluding carboxylic acids is 2. The molecule has 2 aromatic carbocycles. The molecule has 0 fully saturated rings. The van der Waals surface area contributed by atoms with Crippen molar-refractivity contribution in [2.75, 3.05) is 16.0 Å². The molecular formula is C28H24BrFN6O2S2. The highest BCUT2D eigenvalue weighted by atomic mass is 79.9. The van der Waals surface area contributed by atoms with E-state index >= 15 is 0 Å². The second kappa shape index (κ2) is 11.2. The van der Waals surface area contributed by atoms with Crippen LogP contribution in [0.15, 0.2) is 80.0 Å². The van der Waals surface area contributed by atoms with Gasteiger partial charge in [-0.05, 0) is 57.6 Å². The van der Waals surface area contributed by atoms with E-state index in [0.29, 0.717) is 44.8 Å². The van der Waals surface area contributed by atoms with E-state index in [4.69, 9.17) is 5.73 Å². The number of allylic oxidation sites excluding steroid dienone is 3. The molecule has 0 radical (unpaired) electrons. The van der Waals surface area contributed by atoms with Crippen LogP contribution in [0.1, 0.15) is 38.2 Å². The lowest BCUT2D eigenvalue weighted by atomic mass is 9.69. The van der Waals surface area contributed by atoms with Crippen LogP contribution in [0.5, 0.6) is 0 Å². The standard InChI is InChI=1S/C28H24BrFN6O2S2/c1-28(2)11-20-24(21(37)12-28)23(15-7-9-16(30)10-8-15)17(13-31)25(32)36(20)26-34-35-27(40-26)39-14-22(38)33-19-6-4-3-5-18(19)29/h3-10,23H,11-12,14,32H2,1-2H3,(H,33,38). The van der Waals surface area contributed by atoms with Gasteiger partial charge in [-0.1, -0.05) is 61.2 Å². The molecule has 1 unspecified atom stereocenters. The number of thioether (sulfide) groups is 1. The number of nitrogens with two attached hydrogens (primary N) is 1. The predicted molar refractivity (Wildman–Crippen MR) is 157 cm³/mol. The number of halogens is 2. The van der Waals surface area contributed by atoms with Crippen molar-refractivity contribution >= 4 is 61.5 Å². The van der Waals surface area contributed by atoms with E-state index in [9.17, 15) is 19.2 Å². The number of hydrogen-bond acceptors (Lipinski definition) is 9. The molecular weight excluding hydrogens is 615 g/mol. The van der Waals surface area contributed by atoms with Crippen molar-refractivity contribution in [3.05, 3.63) is 87.0 Å². The summed E-state index contributed by atoms with van der Waals surface area (Å²) in [6.45, 7) is 4.01. The van der Waals surface area contributed by atoms with Crippen molar-refractivity contribution in [3.63, 3.8) is 0 Å². The molecule has 1 aromatic heterocycles. The Morgan fingerprint density at radius 1 is 1.25 bits per heavy atom. The number of benzene rings is 2. The van der Waals surface area contributed by atoms with E-state index in [1.54, 1.807) is 23.1 Å². The molecule has 2 aliphatic rings. The number of aromatic nitrogens is 2. The van der Waals surface area contributed by atoms with Crippen molar-refractivity contribution in [1.82, 2.24) is 10.2 Å². The van der Waals surface area contributed by atoms with Gasteiger partial charge >= 0.3 is 0 Å². The molecule has 0 spiro atoms. The van der Waals surface area contributed by atoms with E-state index in [1.807, 2.05) is 32.0 Å². The number of hydrogen-bond donors (Lipinski definition) is 2. The number of nitrogens with zero attached hydrogens (tertiary/aromatic N) is 4. The van der Waals surface area contributed by atoms with Crippen molar-refractivity contribution < 1.29 is 14.0 Å². The number of anilines is 2. The van der Waals surface area contributed by atoms with Gasteiger partial charge in [0.1, 0.15) is 11.6 Å². The highest BCUT2D eigenvalue weighted by molar-refractivity contribution is 9.10. The average molecular weight is 640 g/mol. The molecule has 1 amide bonds. The van der Waals surface area contributed by atoms with E-state index < -0.39 is 11.7 Å². The van der Waals surface area contributed by atoms with Crippen LogP contribution >= 0.6 is 39.0 Å². The van der Waals surface area contributed by atoms with E-state index in [1.165, 1.54) is 35.2 Å². The monoisotopic (exact) mass is 638 g/mol. The summed E-state index contributed by atoms with van der Waals surface area (Å²) in [5.41, 5.74) is 8.87. The maximum atomic E-state index is 13.7. The molecule has 40 heavy (non-hydrogen) atoms. The Labute approximate surface area is 247 Å². The highest BCUT2D eigenvalue weighted by Crippen LogP contribution is 2.50. The number of para-hydroxylation sites is 1. The number of nitrogens with one attached hydrogen (secondary N) is 1. The van der Waals surface area contributed by atoms with Crippen molar-refractivity contribution in [2.24, 2.45) is 11.1 Å². The predicted octanol–water partition coefficient (Wildman–Crippen LogP) is 6.11. The molecule has 1 aliphatic heterocycles. The Balaban J connectivity index is 1.47. The first-order chi connectivity index (χ1) is 19.1. The normalized spacial score (nSPS) is 18.4. The second-order valence-corrected chi connectivity index (χ2v) is 13.2. The van der Waals surface area contributed by atoms with Gasteiger partial charge in [-0.2, -0.15) is 5.26 Å². The number of carbonyl (C=O) groups is 2. The maximum Gasteiger partial charge on any atom is 0.234 e. The van der Waals surface area contributed by atoms with Gasteiger partial charge in [0.25, 0.3) is 0 Å². The number of nitriles is 1. The van der Waals surface area contributed by atoms with Crippen LogP contribution in [0.4, 0.5) is 15.2 Å². The Morgan fingerprint density at radius 3 is 2.67 bits per heavy atom. The highest BCUT2D eigenvalue weighted by Gasteiger charge is 2.45. The van der Waals surface area contributed by atoms with E-state index in [2.05, 4.69) is 37.5 Å². The minimum absolute atomic E-state index is 0.0892. The van der Waals surface area contributed by atoms with Crippen LogP contribution in [0.3, 0.4) is 0 Å². The Morgan fingerprint density at radius 2 is 1.98 bits per heavy atom. The van der Waals surface area contributed by atoms with Gasteiger partial charge in [-0.15, -0.1) is 10.2 Å². The third-order valence-corrected chi connectivity index (χ3v) is 9.38. The zero-order valence-corrected chi connectivity index (χ0v) is 24.8. The fraction of sp³-hybridized carbons (Fsp3) is 0.250. The first kappa shape index (κ1) is 28.0. The topological polar surface area (TPSA) is 125 Å². The van der Waals surface area contributed by atoms with E-state index in [-0.39, 0.29) is 34.3 Å². The zero-order valence-electron chi connectivity index (χ0n) is 21.6. The molecule has 0 bridgehead atoms. The SMILES string of the molecule is CC1(C)CC(=O)C2=C(C1)N(c1nnc(SCC(=O)Nc3ccccc3Br)s1)C(N)=C(C#N)C2c1ccc(F)cc1. The fourth-order valence-electron chi connectivity index (χ4n) is 4.94. The number of amides is 1. The lowest BCUT2D eigenvalue weighted by Gasteiger charge is -2.42. The molecule has 2 heterocycles. The molecule has 5 rings (SSSR count). The first-order valence-electron chi connectivity index (χ1n) is 12.3. The Bertz CT molecular complexity index is 1610. The third kappa shape index (κ3) is 5.54. The summed E-state index contributed by atoms with van der Waals surface area (Å²) < 4.78 is 15.0. The van der Waals surface area contributed by atoms with Crippen LogP contribution in [0, 0.1) is 22.6 Å². The van der Waals surface area contributed by atoms with Crippen molar-refractivity contribution in [2.45, 2.75) is 36.9 Å². The number of Topliss-reactive ketones (excluding diaryl/α,β-unsaturated/α-hetero) is 1. The molecule has 8 nitrogen and oxygen atoms in total. The summed E-state index contributed by atoms with van der Waals surface area (Å²) in [7, 11) is 0. The van der Waals surface area contributed by atoms with Gasteiger partial charge in [-0.3, -0.25) is 14.5 Å². The largest absolute Gasteiger partial charge is 0.384 e. The smallest absolute Gasteiger partial charge is 0.234 e.